The third-order valence-electron chi connectivity index (χ3n) is 4.47. The van der Waals surface area contributed by atoms with Gasteiger partial charge in [-0.3, -0.25) is 14.4 Å². The van der Waals surface area contributed by atoms with Gasteiger partial charge in [0.2, 0.25) is 5.78 Å². The van der Waals surface area contributed by atoms with E-state index in [0.29, 0.717) is 19.4 Å². The van der Waals surface area contributed by atoms with Crippen LogP contribution in [0.25, 0.3) is 0 Å². The molecule has 1 amide bonds. The molecule has 6 nitrogen and oxygen atoms in total. The van der Waals surface area contributed by atoms with Gasteiger partial charge in [0.15, 0.2) is 0 Å². The molecule has 2 heterocycles. The first-order valence-electron chi connectivity index (χ1n) is 7.77. The highest BCUT2D eigenvalue weighted by Gasteiger charge is 2.40. The van der Waals surface area contributed by atoms with Crippen molar-refractivity contribution >= 4 is 17.6 Å². The average molecular weight is 305 g/mol. The number of piperidine rings is 1. The lowest BCUT2D eigenvalue weighted by atomic mass is 9.84. The van der Waals surface area contributed by atoms with Crippen LogP contribution in [0.5, 0.6) is 0 Å². The average Bonchev–Trinajstić information content (AvgIpc) is 3.07. The SMILES string of the molecule is CCC(C)(C)C(=O)C(=O)N1CCCCC1C(=O)n1cccn1. The van der Waals surface area contributed by atoms with Gasteiger partial charge in [0.1, 0.15) is 6.04 Å². The summed E-state index contributed by atoms with van der Waals surface area (Å²) in [6.45, 7) is 5.86. The Morgan fingerprint density at radius 3 is 2.59 bits per heavy atom. The third kappa shape index (κ3) is 3.10. The number of amides is 1. The Kier molecular flexibility index (Phi) is 4.78. The number of nitrogens with zero attached hydrogens (tertiary/aromatic N) is 3. The minimum absolute atomic E-state index is 0.250. The van der Waals surface area contributed by atoms with E-state index >= 15 is 0 Å². The maximum atomic E-state index is 12.6. The number of aromatic nitrogens is 2. The molecule has 1 saturated heterocycles. The summed E-state index contributed by atoms with van der Waals surface area (Å²) >= 11 is 0. The van der Waals surface area contributed by atoms with E-state index in [1.807, 2.05) is 6.92 Å². The van der Waals surface area contributed by atoms with Crippen molar-refractivity contribution < 1.29 is 14.4 Å². The largest absolute Gasteiger partial charge is 0.324 e. The van der Waals surface area contributed by atoms with Gasteiger partial charge in [0.05, 0.1) is 0 Å². The van der Waals surface area contributed by atoms with Gasteiger partial charge in [-0.15, -0.1) is 0 Å². The molecule has 0 aromatic carbocycles. The predicted octanol–water partition coefficient (Wildman–Crippen LogP) is 1.91. The molecule has 6 heteroatoms. The Balaban J connectivity index is 2.21. The van der Waals surface area contributed by atoms with Crippen molar-refractivity contribution in [2.24, 2.45) is 5.41 Å². The van der Waals surface area contributed by atoms with Gasteiger partial charge in [-0.25, -0.2) is 4.68 Å². The minimum atomic E-state index is -0.701. The van der Waals surface area contributed by atoms with Crippen LogP contribution >= 0.6 is 0 Å². The van der Waals surface area contributed by atoms with Crippen LogP contribution < -0.4 is 0 Å². The van der Waals surface area contributed by atoms with E-state index in [-0.39, 0.29) is 5.91 Å². The van der Waals surface area contributed by atoms with Crippen LogP contribution in [0.2, 0.25) is 0 Å². The van der Waals surface area contributed by atoms with E-state index in [2.05, 4.69) is 5.10 Å². The highest BCUT2D eigenvalue weighted by Crippen LogP contribution is 2.25. The first kappa shape index (κ1) is 16.4. The Hall–Kier alpha value is -1.98. The molecule has 0 bridgehead atoms. The van der Waals surface area contributed by atoms with Crippen molar-refractivity contribution in [2.75, 3.05) is 6.54 Å². The molecule has 0 spiro atoms. The smallest absolute Gasteiger partial charge is 0.291 e. The fraction of sp³-hybridized carbons (Fsp3) is 0.625. The number of rotatable bonds is 4. The highest BCUT2D eigenvalue weighted by atomic mass is 16.2. The quantitative estimate of drug-likeness (QED) is 0.797. The molecule has 0 aliphatic carbocycles. The maximum Gasteiger partial charge on any atom is 0.291 e. The normalized spacial score (nSPS) is 19.0. The summed E-state index contributed by atoms with van der Waals surface area (Å²) < 4.78 is 1.24. The van der Waals surface area contributed by atoms with Gasteiger partial charge in [0, 0.05) is 24.4 Å². The van der Waals surface area contributed by atoms with E-state index in [0.717, 1.165) is 12.8 Å². The third-order valence-corrected chi connectivity index (χ3v) is 4.47. The van der Waals surface area contributed by atoms with Gasteiger partial charge in [-0.2, -0.15) is 5.10 Å². The van der Waals surface area contributed by atoms with Crippen LogP contribution in [0, 0.1) is 5.41 Å². The molecule has 1 atom stereocenters. The maximum absolute atomic E-state index is 12.6. The Morgan fingerprint density at radius 2 is 2.00 bits per heavy atom. The topological polar surface area (TPSA) is 72.3 Å². The standard InChI is InChI=1S/C16H23N3O3/c1-4-16(2,3)13(20)15(22)18-10-6-5-8-12(18)14(21)19-11-7-9-17-19/h7,9,11-12H,4-6,8,10H2,1-3H3. The van der Waals surface area contributed by atoms with Gasteiger partial charge in [-0.1, -0.05) is 20.8 Å². The lowest BCUT2D eigenvalue weighted by Gasteiger charge is -2.35. The summed E-state index contributed by atoms with van der Waals surface area (Å²) in [4.78, 5) is 39.0. The zero-order chi connectivity index (χ0) is 16.3. The van der Waals surface area contributed by atoms with E-state index in [1.165, 1.54) is 15.8 Å². The molecule has 1 aliphatic rings. The Labute approximate surface area is 130 Å². The number of likely N-dealkylation sites (tertiary alicyclic amines) is 1. The van der Waals surface area contributed by atoms with Crippen LogP contribution in [0.15, 0.2) is 18.5 Å². The highest BCUT2D eigenvalue weighted by molar-refractivity contribution is 6.38. The zero-order valence-corrected chi connectivity index (χ0v) is 13.4. The molecular formula is C16H23N3O3. The molecule has 0 radical (unpaired) electrons. The molecule has 1 fully saturated rings. The second-order valence-corrected chi connectivity index (χ2v) is 6.37. The van der Waals surface area contributed by atoms with Crippen LogP contribution in [-0.4, -0.2) is 44.9 Å². The molecular weight excluding hydrogens is 282 g/mol. The van der Waals surface area contributed by atoms with E-state index < -0.39 is 23.1 Å². The van der Waals surface area contributed by atoms with Crippen LogP contribution in [-0.2, 0) is 9.59 Å². The second-order valence-electron chi connectivity index (χ2n) is 6.37. The summed E-state index contributed by atoms with van der Waals surface area (Å²) in [5.74, 6) is -1.22. The fourth-order valence-electron chi connectivity index (χ4n) is 2.56. The Morgan fingerprint density at radius 1 is 1.27 bits per heavy atom. The van der Waals surface area contributed by atoms with E-state index in [9.17, 15) is 14.4 Å². The van der Waals surface area contributed by atoms with Crippen molar-refractivity contribution in [1.82, 2.24) is 14.7 Å². The molecule has 22 heavy (non-hydrogen) atoms. The van der Waals surface area contributed by atoms with Crippen LogP contribution in [0.4, 0.5) is 0 Å². The first-order chi connectivity index (χ1) is 10.4. The van der Waals surface area contributed by atoms with E-state index in [4.69, 9.17) is 0 Å². The fourth-order valence-corrected chi connectivity index (χ4v) is 2.56. The summed E-state index contributed by atoms with van der Waals surface area (Å²) in [7, 11) is 0. The molecule has 1 aliphatic heterocycles. The number of hydrogen-bond donors (Lipinski definition) is 0. The number of carbonyl (C=O) groups excluding carboxylic acids is 3. The van der Waals surface area contributed by atoms with Crippen molar-refractivity contribution in [3.63, 3.8) is 0 Å². The van der Waals surface area contributed by atoms with Gasteiger partial charge in [0.25, 0.3) is 11.8 Å². The summed E-state index contributed by atoms with van der Waals surface area (Å²) in [6, 6.07) is 1.07. The zero-order valence-electron chi connectivity index (χ0n) is 13.4. The van der Waals surface area contributed by atoms with Crippen LogP contribution in [0.1, 0.15) is 51.2 Å². The number of hydrogen-bond acceptors (Lipinski definition) is 4. The van der Waals surface area contributed by atoms with Gasteiger partial charge < -0.3 is 4.90 Å². The van der Waals surface area contributed by atoms with Crippen LogP contribution in [0.3, 0.4) is 0 Å². The molecule has 0 N–H and O–H groups in total. The lowest BCUT2D eigenvalue weighted by molar-refractivity contribution is -0.151. The molecule has 120 valence electrons. The molecule has 0 saturated carbocycles. The minimum Gasteiger partial charge on any atom is -0.324 e. The monoisotopic (exact) mass is 305 g/mol. The number of Topliss-reactive ketones (excluding diaryl/α,β-unsaturated/α-hetero) is 1. The predicted molar refractivity (Wildman–Crippen MR) is 81.3 cm³/mol. The summed E-state index contributed by atoms with van der Waals surface area (Å²) in [6.07, 6.45) is 5.93. The lowest BCUT2D eigenvalue weighted by Crippen LogP contribution is -2.53. The molecule has 2 rings (SSSR count). The van der Waals surface area contributed by atoms with Crippen molar-refractivity contribution in [2.45, 2.75) is 52.5 Å². The number of ketones is 1. The molecule has 1 aromatic heterocycles. The summed E-state index contributed by atoms with van der Waals surface area (Å²) in [5, 5.41) is 3.94. The van der Waals surface area contributed by atoms with Crippen molar-refractivity contribution in [3.8, 4) is 0 Å². The van der Waals surface area contributed by atoms with Gasteiger partial charge >= 0.3 is 0 Å². The second kappa shape index (κ2) is 6.42. The van der Waals surface area contributed by atoms with Gasteiger partial charge in [-0.05, 0) is 31.7 Å². The van der Waals surface area contributed by atoms with Crippen molar-refractivity contribution in [3.05, 3.63) is 18.5 Å². The number of carbonyl (C=O) groups is 3. The summed E-state index contributed by atoms with van der Waals surface area (Å²) in [5.41, 5.74) is -0.701. The van der Waals surface area contributed by atoms with E-state index in [1.54, 1.807) is 26.1 Å². The Bertz CT molecular complexity index is 563. The molecule has 1 unspecified atom stereocenters. The first-order valence-corrected chi connectivity index (χ1v) is 7.77. The van der Waals surface area contributed by atoms with Crippen molar-refractivity contribution in [1.29, 1.82) is 0 Å². The molecule has 1 aromatic rings.